The standard InChI is InChI=1S/C17H17N5O3/c1-11-18-9-13(17(24)21-11)16(23)19-7-12-8-20-22(10-12)14-5-3-4-6-15(14)25-2/h3-6,8-10H,7H2,1-2H3,(H,19,23)(H,18,21,24). The summed E-state index contributed by atoms with van der Waals surface area (Å²) < 4.78 is 6.98. The third kappa shape index (κ3) is 3.57. The average Bonchev–Trinajstić information content (AvgIpc) is 3.08. The zero-order valence-electron chi connectivity index (χ0n) is 13.8. The van der Waals surface area contributed by atoms with Crippen molar-refractivity contribution in [1.82, 2.24) is 25.1 Å². The molecule has 0 saturated carbocycles. The molecule has 0 fully saturated rings. The van der Waals surface area contributed by atoms with E-state index in [1.165, 1.54) is 6.20 Å². The van der Waals surface area contributed by atoms with Gasteiger partial charge in [-0.2, -0.15) is 5.10 Å². The molecule has 3 aromatic rings. The molecule has 0 aliphatic rings. The third-order valence-electron chi connectivity index (χ3n) is 3.59. The maximum absolute atomic E-state index is 12.1. The molecule has 0 unspecified atom stereocenters. The third-order valence-corrected chi connectivity index (χ3v) is 3.59. The minimum Gasteiger partial charge on any atom is -0.494 e. The van der Waals surface area contributed by atoms with Crippen LogP contribution in [0.1, 0.15) is 21.7 Å². The van der Waals surface area contributed by atoms with Crippen LogP contribution < -0.4 is 15.6 Å². The molecule has 0 radical (unpaired) electrons. The molecule has 0 atom stereocenters. The fraction of sp³-hybridized carbons (Fsp3) is 0.176. The van der Waals surface area contributed by atoms with Crippen LogP contribution in [0.15, 0.2) is 47.7 Å². The van der Waals surface area contributed by atoms with Gasteiger partial charge in [0, 0.05) is 24.5 Å². The Kier molecular flexibility index (Phi) is 4.60. The summed E-state index contributed by atoms with van der Waals surface area (Å²) in [5.41, 5.74) is 1.09. The lowest BCUT2D eigenvalue weighted by Crippen LogP contribution is -2.29. The molecule has 2 heterocycles. The van der Waals surface area contributed by atoms with Gasteiger partial charge in [-0.15, -0.1) is 0 Å². The van der Waals surface area contributed by atoms with Gasteiger partial charge in [-0.3, -0.25) is 9.59 Å². The Bertz CT molecular complexity index is 961. The summed E-state index contributed by atoms with van der Waals surface area (Å²) in [4.78, 5) is 30.3. The lowest BCUT2D eigenvalue weighted by molar-refractivity contribution is 0.0949. The highest BCUT2D eigenvalue weighted by molar-refractivity contribution is 5.93. The Morgan fingerprint density at radius 1 is 1.32 bits per heavy atom. The van der Waals surface area contributed by atoms with Crippen LogP contribution in [0.25, 0.3) is 5.69 Å². The molecule has 8 heteroatoms. The molecular weight excluding hydrogens is 322 g/mol. The van der Waals surface area contributed by atoms with E-state index in [2.05, 4.69) is 20.4 Å². The second-order valence-electron chi connectivity index (χ2n) is 5.36. The van der Waals surface area contributed by atoms with Crippen molar-refractivity contribution >= 4 is 5.91 Å². The maximum Gasteiger partial charge on any atom is 0.263 e. The van der Waals surface area contributed by atoms with Gasteiger partial charge in [0.2, 0.25) is 0 Å². The van der Waals surface area contributed by atoms with Gasteiger partial charge in [-0.25, -0.2) is 9.67 Å². The number of benzene rings is 1. The normalized spacial score (nSPS) is 10.5. The van der Waals surface area contributed by atoms with Gasteiger partial charge >= 0.3 is 0 Å². The number of amides is 1. The van der Waals surface area contributed by atoms with Crippen LogP contribution in [0.3, 0.4) is 0 Å². The number of carbonyl (C=O) groups excluding carboxylic acids is 1. The van der Waals surface area contributed by atoms with Crippen molar-refractivity contribution in [3.05, 3.63) is 70.2 Å². The van der Waals surface area contributed by atoms with Crippen molar-refractivity contribution in [2.45, 2.75) is 13.5 Å². The first-order valence-corrected chi connectivity index (χ1v) is 7.59. The van der Waals surface area contributed by atoms with Gasteiger partial charge in [0.1, 0.15) is 22.8 Å². The number of hydrogen-bond acceptors (Lipinski definition) is 5. The number of aromatic nitrogens is 4. The largest absolute Gasteiger partial charge is 0.494 e. The summed E-state index contributed by atoms with van der Waals surface area (Å²) in [6.45, 7) is 1.89. The first-order valence-electron chi connectivity index (χ1n) is 7.59. The van der Waals surface area contributed by atoms with E-state index >= 15 is 0 Å². The van der Waals surface area contributed by atoms with Crippen LogP contribution in [-0.4, -0.2) is 32.8 Å². The first kappa shape index (κ1) is 16.4. The molecule has 25 heavy (non-hydrogen) atoms. The minimum atomic E-state index is -0.487. The SMILES string of the molecule is COc1ccccc1-n1cc(CNC(=O)c2cnc(C)[nH]c2=O)cn1. The predicted octanol–water partition coefficient (Wildman–Crippen LogP) is 1.20. The number of methoxy groups -OCH3 is 1. The van der Waals surface area contributed by atoms with Crippen LogP contribution in [0.4, 0.5) is 0 Å². The number of aryl methyl sites for hydroxylation is 1. The number of rotatable bonds is 5. The Balaban J connectivity index is 1.72. The van der Waals surface area contributed by atoms with Crippen LogP contribution in [0, 0.1) is 6.92 Å². The number of hydrogen-bond donors (Lipinski definition) is 2. The highest BCUT2D eigenvalue weighted by atomic mass is 16.5. The molecule has 0 aliphatic carbocycles. The van der Waals surface area contributed by atoms with Crippen molar-refractivity contribution < 1.29 is 9.53 Å². The van der Waals surface area contributed by atoms with Gasteiger partial charge in [0.05, 0.1) is 13.3 Å². The molecule has 0 saturated heterocycles. The molecule has 8 nitrogen and oxygen atoms in total. The van der Waals surface area contributed by atoms with Gasteiger partial charge in [0.15, 0.2) is 0 Å². The molecule has 0 spiro atoms. The lowest BCUT2D eigenvalue weighted by atomic mass is 10.3. The summed E-state index contributed by atoms with van der Waals surface area (Å²) in [7, 11) is 1.59. The van der Waals surface area contributed by atoms with Crippen LogP contribution in [-0.2, 0) is 6.54 Å². The van der Waals surface area contributed by atoms with Crippen molar-refractivity contribution in [3.8, 4) is 11.4 Å². The molecular formula is C17H17N5O3. The first-order chi connectivity index (χ1) is 12.1. The zero-order chi connectivity index (χ0) is 17.8. The molecule has 0 aliphatic heterocycles. The zero-order valence-corrected chi connectivity index (χ0v) is 13.8. The highest BCUT2D eigenvalue weighted by Gasteiger charge is 2.12. The second kappa shape index (κ2) is 7.00. The maximum atomic E-state index is 12.1. The molecule has 3 rings (SSSR count). The Morgan fingerprint density at radius 2 is 2.12 bits per heavy atom. The quantitative estimate of drug-likeness (QED) is 0.727. The van der Waals surface area contributed by atoms with E-state index in [0.29, 0.717) is 11.6 Å². The van der Waals surface area contributed by atoms with E-state index in [9.17, 15) is 9.59 Å². The van der Waals surface area contributed by atoms with E-state index in [0.717, 1.165) is 11.3 Å². The van der Waals surface area contributed by atoms with Crippen molar-refractivity contribution in [3.63, 3.8) is 0 Å². The lowest BCUT2D eigenvalue weighted by Gasteiger charge is -2.07. The number of para-hydroxylation sites is 2. The van der Waals surface area contributed by atoms with Crippen molar-refractivity contribution in [2.75, 3.05) is 7.11 Å². The monoisotopic (exact) mass is 339 g/mol. The van der Waals surface area contributed by atoms with E-state index in [1.807, 2.05) is 24.3 Å². The van der Waals surface area contributed by atoms with Crippen LogP contribution in [0.5, 0.6) is 5.75 Å². The van der Waals surface area contributed by atoms with Crippen LogP contribution in [0.2, 0.25) is 0 Å². The smallest absolute Gasteiger partial charge is 0.263 e. The average molecular weight is 339 g/mol. The molecule has 0 bridgehead atoms. The van der Waals surface area contributed by atoms with E-state index in [4.69, 9.17) is 4.74 Å². The Labute approximate surface area is 143 Å². The summed E-state index contributed by atoms with van der Waals surface area (Å²) in [5.74, 6) is 0.664. The molecule has 1 amide bonds. The molecule has 2 N–H and O–H groups in total. The topological polar surface area (TPSA) is 102 Å². The number of H-pyrrole nitrogens is 1. The van der Waals surface area contributed by atoms with Gasteiger partial charge in [-0.1, -0.05) is 12.1 Å². The molecule has 1 aromatic carbocycles. The fourth-order valence-electron chi connectivity index (χ4n) is 2.33. The Morgan fingerprint density at radius 3 is 2.88 bits per heavy atom. The van der Waals surface area contributed by atoms with E-state index < -0.39 is 11.5 Å². The van der Waals surface area contributed by atoms with Crippen molar-refractivity contribution in [1.29, 1.82) is 0 Å². The number of carbonyl (C=O) groups is 1. The van der Waals surface area contributed by atoms with E-state index in [1.54, 1.807) is 31.1 Å². The van der Waals surface area contributed by atoms with Gasteiger partial charge in [-0.05, 0) is 19.1 Å². The van der Waals surface area contributed by atoms with E-state index in [-0.39, 0.29) is 12.1 Å². The molecule has 128 valence electrons. The van der Waals surface area contributed by atoms with Crippen molar-refractivity contribution in [2.24, 2.45) is 0 Å². The summed E-state index contributed by atoms with van der Waals surface area (Å²) in [6.07, 6.45) is 4.70. The number of aromatic amines is 1. The number of nitrogens with zero attached hydrogens (tertiary/aromatic N) is 3. The number of ether oxygens (including phenoxy) is 1. The fourth-order valence-corrected chi connectivity index (χ4v) is 2.33. The van der Waals surface area contributed by atoms with Gasteiger partial charge < -0.3 is 15.0 Å². The number of nitrogens with one attached hydrogen (secondary N) is 2. The molecule has 2 aromatic heterocycles. The van der Waals surface area contributed by atoms with Crippen LogP contribution >= 0.6 is 0 Å². The Hall–Kier alpha value is -3.42. The summed E-state index contributed by atoms with van der Waals surface area (Å²) >= 11 is 0. The summed E-state index contributed by atoms with van der Waals surface area (Å²) in [6, 6.07) is 7.48. The predicted molar refractivity (Wildman–Crippen MR) is 90.9 cm³/mol. The van der Waals surface area contributed by atoms with Gasteiger partial charge in [0.25, 0.3) is 11.5 Å². The minimum absolute atomic E-state index is 0.0253. The summed E-state index contributed by atoms with van der Waals surface area (Å²) in [5, 5.41) is 6.97. The highest BCUT2D eigenvalue weighted by Crippen LogP contribution is 2.21. The second-order valence-corrected chi connectivity index (χ2v) is 5.36.